The predicted molar refractivity (Wildman–Crippen MR) is 67.7 cm³/mol. The van der Waals surface area contributed by atoms with Crippen molar-refractivity contribution in [1.82, 2.24) is 5.32 Å². The average molecular weight is 278 g/mol. The maximum absolute atomic E-state index is 10.3. The van der Waals surface area contributed by atoms with Crippen LogP contribution in [-0.4, -0.2) is 53.9 Å². The zero-order valence-electron chi connectivity index (χ0n) is 11.2. The third-order valence-corrected chi connectivity index (χ3v) is 1.68. The number of carboxylic acids is 2. The molecule has 0 rings (SSSR count). The smallest absolute Gasteiger partial charge is 0.414 e. The molecule has 0 saturated carbocycles. The summed E-state index contributed by atoms with van der Waals surface area (Å²) in [5.74, 6) is -3.91. The van der Waals surface area contributed by atoms with Crippen molar-refractivity contribution in [2.75, 3.05) is 19.7 Å². The number of amides is 1. The van der Waals surface area contributed by atoms with E-state index in [-0.39, 0.29) is 5.91 Å². The lowest BCUT2D eigenvalue weighted by Gasteiger charge is -2.07. The van der Waals surface area contributed by atoms with Gasteiger partial charge in [0.2, 0.25) is 5.91 Å². The maximum atomic E-state index is 10.3. The van der Waals surface area contributed by atoms with E-state index in [4.69, 9.17) is 30.3 Å². The summed E-state index contributed by atoms with van der Waals surface area (Å²) in [6, 6.07) is 0. The molecule has 0 aliphatic heterocycles. The fourth-order valence-corrected chi connectivity index (χ4v) is 0.853. The second kappa shape index (κ2) is 12.8. The minimum atomic E-state index is -1.82. The van der Waals surface area contributed by atoms with Gasteiger partial charge >= 0.3 is 11.9 Å². The standard InChI is InChI=1S/C9H20N2O2.C2H2O4/c1-8(2)13-7-3-5-11-6-4-9(10)12;3-1(4)2(5)6/h8,11H,3-7H2,1-2H3,(H2,10,12);(H,3,4)(H,5,6). The highest BCUT2D eigenvalue weighted by atomic mass is 16.5. The van der Waals surface area contributed by atoms with Crippen LogP contribution in [0.3, 0.4) is 0 Å². The summed E-state index contributed by atoms with van der Waals surface area (Å²) >= 11 is 0. The van der Waals surface area contributed by atoms with E-state index in [1.165, 1.54) is 0 Å². The second-order valence-corrected chi connectivity index (χ2v) is 3.85. The quantitative estimate of drug-likeness (QED) is 0.344. The highest BCUT2D eigenvalue weighted by Gasteiger charge is 2.04. The van der Waals surface area contributed by atoms with Crippen LogP contribution in [0.25, 0.3) is 0 Å². The molecule has 0 fully saturated rings. The first-order valence-electron chi connectivity index (χ1n) is 5.84. The number of rotatable bonds is 8. The minimum Gasteiger partial charge on any atom is -0.473 e. The monoisotopic (exact) mass is 278 g/mol. The summed E-state index contributed by atoms with van der Waals surface area (Å²) < 4.78 is 5.34. The summed E-state index contributed by atoms with van der Waals surface area (Å²) in [6.45, 7) is 6.33. The number of carbonyl (C=O) groups excluding carboxylic acids is 1. The van der Waals surface area contributed by atoms with Crippen molar-refractivity contribution < 1.29 is 29.3 Å². The van der Waals surface area contributed by atoms with E-state index in [0.29, 0.717) is 19.1 Å². The lowest BCUT2D eigenvalue weighted by atomic mass is 10.4. The molecular weight excluding hydrogens is 256 g/mol. The van der Waals surface area contributed by atoms with Crippen molar-refractivity contribution in [2.24, 2.45) is 5.73 Å². The van der Waals surface area contributed by atoms with Crippen LogP contribution in [0.2, 0.25) is 0 Å². The Hall–Kier alpha value is -1.67. The molecule has 19 heavy (non-hydrogen) atoms. The molecule has 0 aliphatic carbocycles. The van der Waals surface area contributed by atoms with E-state index in [9.17, 15) is 4.79 Å². The Balaban J connectivity index is 0. The van der Waals surface area contributed by atoms with Crippen LogP contribution in [0.5, 0.6) is 0 Å². The summed E-state index contributed by atoms with van der Waals surface area (Å²) in [4.78, 5) is 28.5. The first kappa shape index (κ1) is 19.7. The Kier molecular flexibility index (Phi) is 13.2. The molecule has 0 aromatic carbocycles. The topological polar surface area (TPSA) is 139 Å². The first-order chi connectivity index (χ1) is 8.77. The summed E-state index contributed by atoms with van der Waals surface area (Å²) in [6.07, 6.45) is 1.67. The Labute approximate surface area is 111 Å². The van der Waals surface area contributed by atoms with Crippen LogP contribution in [-0.2, 0) is 19.1 Å². The Morgan fingerprint density at radius 1 is 1.16 bits per heavy atom. The van der Waals surface area contributed by atoms with E-state index in [1.807, 2.05) is 13.8 Å². The van der Waals surface area contributed by atoms with Gasteiger partial charge < -0.3 is 26.0 Å². The number of nitrogens with one attached hydrogen (secondary N) is 1. The van der Waals surface area contributed by atoms with Gasteiger partial charge in [-0.05, 0) is 26.8 Å². The molecule has 112 valence electrons. The van der Waals surface area contributed by atoms with Gasteiger partial charge in [-0.25, -0.2) is 9.59 Å². The molecule has 0 bridgehead atoms. The Bertz CT molecular complexity index is 268. The number of ether oxygens (including phenoxy) is 1. The Morgan fingerprint density at radius 3 is 2.05 bits per heavy atom. The number of primary amides is 1. The van der Waals surface area contributed by atoms with Crippen LogP contribution in [0, 0.1) is 0 Å². The molecule has 0 saturated heterocycles. The van der Waals surface area contributed by atoms with Gasteiger partial charge in [0.1, 0.15) is 0 Å². The largest absolute Gasteiger partial charge is 0.473 e. The van der Waals surface area contributed by atoms with E-state index in [0.717, 1.165) is 19.6 Å². The van der Waals surface area contributed by atoms with Crippen LogP contribution in [0.4, 0.5) is 0 Å². The highest BCUT2D eigenvalue weighted by molar-refractivity contribution is 6.27. The molecule has 8 heteroatoms. The number of carboxylic acid groups (broad SMARTS) is 2. The fraction of sp³-hybridized carbons (Fsp3) is 0.727. The van der Waals surface area contributed by atoms with E-state index in [2.05, 4.69) is 5.32 Å². The van der Waals surface area contributed by atoms with E-state index in [1.54, 1.807) is 0 Å². The third-order valence-electron chi connectivity index (χ3n) is 1.68. The lowest BCUT2D eigenvalue weighted by Crippen LogP contribution is -2.23. The lowest BCUT2D eigenvalue weighted by molar-refractivity contribution is -0.159. The SMILES string of the molecule is CC(C)OCCCNCCC(N)=O.O=C(O)C(=O)O. The third kappa shape index (κ3) is 22.1. The molecule has 0 aromatic heterocycles. The molecule has 0 aromatic rings. The molecule has 0 heterocycles. The number of hydrogen-bond acceptors (Lipinski definition) is 5. The molecule has 8 nitrogen and oxygen atoms in total. The summed E-state index contributed by atoms with van der Waals surface area (Å²) in [7, 11) is 0. The maximum Gasteiger partial charge on any atom is 0.414 e. The highest BCUT2D eigenvalue weighted by Crippen LogP contribution is 1.88. The van der Waals surface area contributed by atoms with Crippen molar-refractivity contribution in [1.29, 1.82) is 0 Å². The van der Waals surface area contributed by atoms with Crippen LogP contribution in [0.15, 0.2) is 0 Å². The van der Waals surface area contributed by atoms with Crippen molar-refractivity contribution in [3.63, 3.8) is 0 Å². The zero-order chi connectivity index (χ0) is 15.3. The van der Waals surface area contributed by atoms with Crippen molar-refractivity contribution in [2.45, 2.75) is 32.8 Å². The van der Waals surface area contributed by atoms with Crippen LogP contribution >= 0.6 is 0 Å². The van der Waals surface area contributed by atoms with Crippen molar-refractivity contribution >= 4 is 17.8 Å². The minimum absolute atomic E-state index is 0.258. The zero-order valence-corrected chi connectivity index (χ0v) is 11.2. The number of carbonyl (C=O) groups is 3. The molecule has 0 aliphatic rings. The average Bonchev–Trinajstić information content (AvgIpc) is 2.27. The number of hydrogen-bond donors (Lipinski definition) is 4. The van der Waals surface area contributed by atoms with Crippen LogP contribution < -0.4 is 11.1 Å². The van der Waals surface area contributed by atoms with E-state index >= 15 is 0 Å². The van der Waals surface area contributed by atoms with Crippen LogP contribution in [0.1, 0.15) is 26.7 Å². The van der Waals surface area contributed by atoms with Gasteiger partial charge in [0, 0.05) is 19.6 Å². The van der Waals surface area contributed by atoms with Gasteiger partial charge in [-0.3, -0.25) is 4.79 Å². The van der Waals surface area contributed by atoms with Gasteiger partial charge in [-0.2, -0.15) is 0 Å². The van der Waals surface area contributed by atoms with Gasteiger partial charge in [-0.1, -0.05) is 0 Å². The van der Waals surface area contributed by atoms with Crippen molar-refractivity contribution in [3.8, 4) is 0 Å². The first-order valence-corrected chi connectivity index (χ1v) is 5.84. The normalized spacial score (nSPS) is 9.63. The van der Waals surface area contributed by atoms with Gasteiger partial charge in [-0.15, -0.1) is 0 Å². The van der Waals surface area contributed by atoms with Gasteiger partial charge in [0.05, 0.1) is 6.10 Å². The van der Waals surface area contributed by atoms with Gasteiger partial charge in [0.25, 0.3) is 0 Å². The molecule has 5 N–H and O–H groups in total. The molecular formula is C11H22N2O6. The Morgan fingerprint density at radius 2 is 1.68 bits per heavy atom. The second-order valence-electron chi connectivity index (χ2n) is 3.85. The summed E-state index contributed by atoms with van der Waals surface area (Å²) in [5, 5.41) is 17.9. The molecule has 0 spiro atoms. The number of aliphatic carboxylic acids is 2. The predicted octanol–water partition coefficient (Wildman–Crippen LogP) is -0.578. The van der Waals surface area contributed by atoms with Crippen molar-refractivity contribution in [3.05, 3.63) is 0 Å². The number of nitrogens with two attached hydrogens (primary N) is 1. The fourth-order valence-electron chi connectivity index (χ4n) is 0.853. The summed E-state index contributed by atoms with van der Waals surface area (Å²) in [5.41, 5.74) is 4.97. The molecule has 1 amide bonds. The molecule has 0 unspecified atom stereocenters. The van der Waals surface area contributed by atoms with Gasteiger partial charge in [0.15, 0.2) is 0 Å². The molecule has 0 radical (unpaired) electrons. The molecule has 0 atom stereocenters. The van der Waals surface area contributed by atoms with E-state index < -0.39 is 11.9 Å².